The van der Waals surface area contributed by atoms with E-state index in [1.54, 1.807) is 24.3 Å². The maximum absolute atomic E-state index is 14.1. The molecule has 0 radical (unpaired) electrons. The first-order chi connectivity index (χ1) is 12.1. The number of hydrogen-bond donors (Lipinski definition) is 3. The molecule has 1 aliphatic rings. The van der Waals surface area contributed by atoms with Crippen LogP contribution in [0.3, 0.4) is 0 Å². The largest absolute Gasteiger partial charge is 0.354 e. The van der Waals surface area contributed by atoms with Gasteiger partial charge < -0.3 is 16.0 Å². The van der Waals surface area contributed by atoms with Gasteiger partial charge in [-0.15, -0.1) is 0 Å². The minimum Gasteiger partial charge on any atom is -0.354 e. The molecule has 7 nitrogen and oxygen atoms in total. The second kappa shape index (κ2) is 7.85. The van der Waals surface area contributed by atoms with Gasteiger partial charge in [0.05, 0.1) is 11.1 Å². The fourth-order valence-electron chi connectivity index (χ4n) is 2.82. The first-order valence-corrected chi connectivity index (χ1v) is 9.29. The van der Waals surface area contributed by atoms with Gasteiger partial charge in [0, 0.05) is 18.8 Å². The summed E-state index contributed by atoms with van der Waals surface area (Å²) in [6, 6.07) is 6.75. The van der Waals surface area contributed by atoms with Crippen molar-refractivity contribution >= 4 is 28.4 Å². The number of aromatic nitrogens is 2. The molecule has 2 heterocycles. The van der Waals surface area contributed by atoms with E-state index in [4.69, 9.17) is 10.9 Å². The number of nitrogens with two attached hydrogens (primary N) is 2. The van der Waals surface area contributed by atoms with Gasteiger partial charge in [-0.25, -0.2) is 18.7 Å². The highest BCUT2D eigenvalue weighted by Gasteiger charge is 2.22. The molecular weight excluding hydrogens is 343 g/mol. The van der Waals surface area contributed by atoms with Crippen molar-refractivity contribution in [1.82, 2.24) is 9.97 Å². The number of benzene rings is 1. The van der Waals surface area contributed by atoms with Gasteiger partial charge in [0.15, 0.2) is 11.6 Å². The molecule has 25 heavy (non-hydrogen) atoms. The molecule has 0 bridgehead atoms. The number of rotatable bonds is 5. The molecule has 1 atom stereocenters. The van der Waals surface area contributed by atoms with E-state index >= 15 is 0 Å². The van der Waals surface area contributed by atoms with Crippen LogP contribution in [-0.2, 0) is 11.0 Å². The number of hydrogen-bond acceptors (Lipinski definition) is 6. The fourth-order valence-corrected chi connectivity index (χ4v) is 3.23. The zero-order valence-corrected chi connectivity index (χ0v) is 14.5. The smallest absolute Gasteiger partial charge is 0.229 e. The van der Waals surface area contributed by atoms with E-state index in [1.165, 1.54) is 6.20 Å². The topological polar surface area (TPSA) is 110 Å². The predicted molar refractivity (Wildman–Crippen MR) is 96.3 cm³/mol. The van der Waals surface area contributed by atoms with E-state index in [0.717, 1.165) is 25.9 Å². The van der Waals surface area contributed by atoms with Gasteiger partial charge in [-0.2, -0.15) is 4.98 Å². The lowest BCUT2D eigenvalue weighted by Gasteiger charge is -2.32. The molecule has 0 amide bonds. The Balaban J connectivity index is 1.74. The summed E-state index contributed by atoms with van der Waals surface area (Å²) in [5, 5.41) is 8.35. The normalized spacial score (nSPS) is 16.7. The molecule has 0 spiro atoms. The van der Waals surface area contributed by atoms with Crippen LogP contribution in [0.25, 0.3) is 0 Å². The Hall–Kier alpha value is -2.10. The first-order valence-electron chi connectivity index (χ1n) is 8.07. The van der Waals surface area contributed by atoms with Crippen LogP contribution < -0.4 is 21.1 Å². The zero-order valence-electron chi connectivity index (χ0n) is 13.7. The van der Waals surface area contributed by atoms with Gasteiger partial charge in [-0.3, -0.25) is 0 Å². The van der Waals surface area contributed by atoms with Gasteiger partial charge in [-0.1, -0.05) is 0 Å². The van der Waals surface area contributed by atoms with E-state index in [-0.39, 0.29) is 0 Å². The Labute approximate surface area is 148 Å². The molecule has 3 rings (SSSR count). The maximum Gasteiger partial charge on any atom is 0.229 e. The Morgan fingerprint density at radius 2 is 1.96 bits per heavy atom. The van der Waals surface area contributed by atoms with Crippen molar-refractivity contribution in [1.29, 1.82) is 0 Å². The summed E-state index contributed by atoms with van der Waals surface area (Å²) in [5.41, 5.74) is 6.40. The molecule has 2 aromatic rings. The van der Waals surface area contributed by atoms with Crippen LogP contribution >= 0.6 is 0 Å². The standard InChI is InChI=1S/C16H21FN6OS/c17-14-10-20-16(21-12-1-3-13(4-2-12)25(19)24)22-15(14)23-7-5-11(9-18)6-8-23/h1-4,10-11H,5-9,18-19H2,(H,20,21,22). The van der Waals surface area contributed by atoms with E-state index in [2.05, 4.69) is 15.3 Å². The molecule has 1 aromatic carbocycles. The number of halogens is 1. The lowest BCUT2D eigenvalue weighted by atomic mass is 9.97. The zero-order chi connectivity index (χ0) is 17.8. The summed E-state index contributed by atoms with van der Waals surface area (Å²) in [4.78, 5) is 10.7. The summed E-state index contributed by atoms with van der Waals surface area (Å²) in [6.07, 6.45) is 3.03. The SMILES string of the molecule is NCC1CCN(c2nc(Nc3ccc(S(N)=O)cc3)ncc2F)CC1. The van der Waals surface area contributed by atoms with Crippen LogP contribution in [0, 0.1) is 11.7 Å². The summed E-state index contributed by atoms with van der Waals surface area (Å²) in [5.74, 6) is 0.655. The van der Waals surface area contributed by atoms with Crippen molar-refractivity contribution in [3.8, 4) is 0 Å². The Morgan fingerprint density at radius 3 is 2.56 bits per heavy atom. The third-order valence-electron chi connectivity index (χ3n) is 4.32. The molecule has 9 heteroatoms. The summed E-state index contributed by atoms with van der Waals surface area (Å²) >= 11 is 0. The molecule has 0 saturated carbocycles. The molecule has 1 fully saturated rings. The molecule has 1 aromatic heterocycles. The van der Waals surface area contributed by atoms with Crippen LogP contribution in [0.1, 0.15) is 12.8 Å². The summed E-state index contributed by atoms with van der Waals surface area (Å²) in [6.45, 7) is 2.12. The first kappa shape index (κ1) is 17.7. The van der Waals surface area contributed by atoms with Gasteiger partial charge in [0.2, 0.25) is 5.95 Å². The van der Waals surface area contributed by atoms with Gasteiger partial charge >= 0.3 is 0 Å². The third-order valence-corrected chi connectivity index (χ3v) is 5.05. The average Bonchev–Trinajstić information content (AvgIpc) is 2.64. The van der Waals surface area contributed by atoms with E-state index in [9.17, 15) is 8.60 Å². The van der Waals surface area contributed by atoms with Gasteiger partial charge in [-0.05, 0) is 49.6 Å². The predicted octanol–water partition coefficient (Wildman–Crippen LogP) is 1.52. The van der Waals surface area contributed by atoms with Crippen molar-refractivity contribution < 1.29 is 8.60 Å². The molecule has 1 unspecified atom stereocenters. The van der Waals surface area contributed by atoms with Crippen LogP contribution in [0.2, 0.25) is 0 Å². The number of nitrogens with zero attached hydrogens (tertiary/aromatic N) is 3. The van der Waals surface area contributed by atoms with Crippen molar-refractivity contribution in [3.63, 3.8) is 0 Å². The second-order valence-electron chi connectivity index (χ2n) is 5.98. The highest BCUT2D eigenvalue weighted by atomic mass is 32.2. The van der Waals surface area contributed by atoms with E-state index < -0.39 is 16.8 Å². The Morgan fingerprint density at radius 1 is 1.28 bits per heavy atom. The Bertz CT molecular complexity index is 749. The van der Waals surface area contributed by atoms with Gasteiger partial charge in [0.1, 0.15) is 11.0 Å². The van der Waals surface area contributed by atoms with Crippen molar-refractivity contribution in [2.24, 2.45) is 16.8 Å². The van der Waals surface area contributed by atoms with Crippen LogP contribution in [-0.4, -0.2) is 33.8 Å². The lowest BCUT2D eigenvalue weighted by molar-refractivity contribution is 0.409. The number of nitrogens with one attached hydrogen (secondary N) is 1. The Kier molecular flexibility index (Phi) is 5.57. The average molecular weight is 364 g/mol. The maximum atomic E-state index is 14.1. The second-order valence-corrected chi connectivity index (χ2v) is 7.04. The molecule has 134 valence electrons. The molecule has 5 N–H and O–H groups in total. The lowest BCUT2D eigenvalue weighted by Crippen LogP contribution is -2.37. The van der Waals surface area contributed by atoms with Crippen LogP contribution in [0.5, 0.6) is 0 Å². The minimum absolute atomic E-state index is 0.299. The summed E-state index contributed by atoms with van der Waals surface area (Å²) in [7, 11) is -1.52. The molecule has 0 aliphatic carbocycles. The van der Waals surface area contributed by atoms with Gasteiger partial charge in [0.25, 0.3) is 0 Å². The van der Waals surface area contributed by atoms with Crippen molar-refractivity contribution in [2.45, 2.75) is 17.7 Å². The third kappa shape index (κ3) is 4.30. The van der Waals surface area contributed by atoms with Crippen molar-refractivity contribution in [2.75, 3.05) is 29.9 Å². The molecular formula is C16H21FN6OS. The van der Waals surface area contributed by atoms with E-state index in [0.29, 0.717) is 34.8 Å². The minimum atomic E-state index is -1.52. The monoisotopic (exact) mass is 364 g/mol. The number of anilines is 3. The quantitative estimate of drug-likeness (QED) is 0.742. The number of piperidine rings is 1. The highest BCUT2D eigenvalue weighted by Crippen LogP contribution is 2.25. The molecule has 1 aliphatic heterocycles. The highest BCUT2D eigenvalue weighted by molar-refractivity contribution is 7.82. The van der Waals surface area contributed by atoms with Crippen LogP contribution in [0.4, 0.5) is 21.8 Å². The van der Waals surface area contributed by atoms with E-state index in [1.807, 2.05) is 4.90 Å². The van der Waals surface area contributed by atoms with Crippen LogP contribution in [0.15, 0.2) is 35.4 Å². The summed E-state index contributed by atoms with van der Waals surface area (Å²) < 4.78 is 25.4. The van der Waals surface area contributed by atoms with Crippen molar-refractivity contribution in [3.05, 3.63) is 36.3 Å². The molecule has 1 saturated heterocycles. The fraction of sp³-hybridized carbons (Fsp3) is 0.375.